The molecule has 1 N–H and O–H groups in total. The molecule has 0 bridgehead atoms. The van der Waals surface area contributed by atoms with Crippen molar-refractivity contribution in [1.29, 1.82) is 5.26 Å². The highest BCUT2D eigenvalue weighted by Gasteiger charge is 2.14. The topological polar surface area (TPSA) is 57.8 Å². The first-order valence-electron chi connectivity index (χ1n) is 9.56. The Hall–Kier alpha value is -3.58. The normalized spacial score (nSPS) is 11.2. The summed E-state index contributed by atoms with van der Waals surface area (Å²) in [5, 5.41) is 12.5. The Morgan fingerprint density at radius 3 is 2.28 bits per heavy atom. The van der Waals surface area contributed by atoms with Crippen LogP contribution in [0.2, 0.25) is 0 Å². The van der Waals surface area contributed by atoms with Gasteiger partial charge < -0.3 is 9.88 Å². The molecule has 146 valence electrons. The van der Waals surface area contributed by atoms with Gasteiger partial charge >= 0.3 is 0 Å². The predicted octanol–water partition coefficient (Wildman–Crippen LogP) is 5.57. The Morgan fingerprint density at radius 1 is 0.966 bits per heavy atom. The van der Waals surface area contributed by atoms with Gasteiger partial charge in [-0.1, -0.05) is 29.8 Å². The van der Waals surface area contributed by atoms with Crippen molar-refractivity contribution in [2.24, 2.45) is 0 Å². The number of carbonyl (C=O) groups is 1. The van der Waals surface area contributed by atoms with E-state index in [9.17, 15) is 10.1 Å². The van der Waals surface area contributed by atoms with E-state index < -0.39 is 5.91 Å². The summed E-state index contributed by atoms with van der Waals surface area (Å²) in [5.74, 6) is -0.402. The van der Waals surface area contributed by atoms with E-state index in [4.69, 9.17) is 0 Å². The summed E-state index contributed by atoms with van der Waals surface area (Å²) in [5.41, 5.74) is 7.96. The van der Waals surface area contributed by atoms with Gasteiger partial charge in [-0.05, 0) is 81.7 Å². The van der Waals surface area contributed by atoms with Crippen LogP contribution >= 0.6 is 0 Å². The quantitative estimate of drug-likeness (QED) is 0.473. The van der Waals surface area contributed by atoms with E-state index in [-0.39, 0.29) is 5.57 Å². The molecule has 0 aliphatic heterocycles. The van der Waals surface area contributed by atoms with Crippen LogP contribution in [0.1, 0.15) is 33.6 Å². The molecule has 3 rings (SSSR count). The first kappa shape index (κ1) is 20.2. The van der Waals surface area contributed by atoms with Crippen molar-refractivity contribution < 1.29 is 4.79 Å². The molecule has 1 heterocycles. The van der Waals surface area contributed by atoms with Gasteiger partial charge in [0.05, 0.1) is 0 Å². The third-order valence-corrected chi connectivity index (χ3v) is 5.07. The predicted molar refractivity (Wildman–Crippen MR) is 118 cm³/mol. The average Bonchev–Trinajstić information content (AvgIpc) is 2.96. The minimum absolute atomic E-state index is 0.0788. The summed E-state index contributed by atoms with van der Waals surface area (Å²) in [7, 11) is 0. The fourth-order valence-electron chi connectivity index (χ4n) is 3.39. The average molecular weight is 383 g/mol. The van der Waals surface area contributed by atoms with Gasteiger partial charge in [-0.3, -0.25) is 4.79 Å². The molecule has 0 unspecified atom stereocenters. The number of hydrogen-bond acceptors (Lipinski definition) is 2. The lowest BCUT2D eigenvalue weighted by Crippen LogP contribution is -2.14. The van der Waals surface area contributed by atoms with Gasteiger partial charge in [-0.2, -0.15) is 5.26 Å². The van der Waals surface area contributed by atoms with Crippen molar-refractivity contribution in [1.82, 2.24) is 4.57 Å². The number of nitrogens with zero attached hydrogens (tertiary/aromatic N) is 2. The number of nitrogens with one attached hydrogen (secondary N) is 1. The van der Waals surface area contributed by atoms with E-state index in [1.807, 2.05) is 58.0 Å². The van der Waals surface area contributed by atoms with E-state index in [0.717, 1.165) is 39.5 Å². The highest BCUT2D eigenvalue weighted by molar-refractivity contribution is 6.10. The third-order valence-electron chi connectivity index (χ3n) is 5.07. The second-order valence-electron chi connectivity index (χ2n) is 7.44. The lowest BCUT2D eigenvalue weighted by molar-refractivity contribution is -0.112. The molecule has 1 amide bonds. The monoisotopic (exact) mass is 383 g/mol. The fraction of sp³-hybridized carbons (Fsp3) is 0.200. The van der Waals surface area contributed by atoms with Crippen LogP contribution < -0.4 is 5.32 Å². The Labute approximate surface area is 172 Å². The van der Waals surface area contributed by atoms with Crippen LogP contribution in [0.3, 0.4) is 0 Å². The summed E-state index contributed by atoms with van der Waals surface area (Å²) in [4.78, 5) is 12.7. The zero-order valence-corrected chi connectivity index (χ0v) is 17.5. The number of benzene rings is 2. The highest BCUT2D eigenvalue weighted by Crippen LogP contribution is 2.24. The van der Waals surface area contributed by atoms with E-state index in [2.05, 4.69) is 41.1 Å². The molecule has 0 radical (unpaired) electrons. The van der Waals surface area contributed by atoms with Gasteiger partial charge in [-0.25, -0.2) is 0 Å². The van der Waals surface area contributed by atoms with Gasteiger partial charge in [0.25, 0.3) is 5.91 Å². The van der Waals surface area contributed by atoms with Gasteiger partial charge in [0.1, 0.15) is 11.6 Å². The molecule has 4 nitrogen and oxygen atoms in total. The molecule has 2 aromatic carbocycles. The Morgan fingerprint density at radius 2 is 1.62 bits per heavy atom. The Balaban J connectivity index is 1.94. The summed E-state index contributed by atoms with van der Waals surface area (Å²) < 4.78 is 2.13. The first-order valence-corrected chi connectivity index (χ1v) is 9.56. The lowest BCUT2D eigenvalue weighted by Gasteiger charge is -2.10. The van der Waals surface area contributed by atoms with Crippen LogP contribution in [0.15, 0.2) is 54.1 Å². The van der Waals surface area contributed by atoms with Gasteiger partial charge in [0.15, 0.2) is 0 Å². The number of amides is 1. The molecule has 29 heavy (non-hydrogen) atoms. The number of nitriles is 1. The zero-order chi connectivity index (χ0) is 21.1. The number of aromatic nitrogens is 1. The molecule has 3 aromatic rings. The van der Waals surface area contributed by atoms with Crippen molar-refractivity contribution in [3.8, 4) is 11.8 Å². The molecule has 0 aliphatic rings. The maximum Gasteiger partial charge on any atom is 0.266 e. The summed E-state index contributed by atoms with van der Waals surface area (Å²) >= 11 is 0. The molecule has 4 heteroatoms. The lowest BCUT2D eigenvalue weighted by atomic mass is 10.1. The molecular weight excluding hydrogens is 358 g/mol. The van der Waals surface area contributed by atoms with Crippen molar-refractivity contribution in [2.45, 2.75) is 34.6 Å². The number of aryl methyl sites for hydroxylation is 4. The Bertz CT molecular complexity index is 1140. The number of carbonyl (C=O) groups excluding carboxylic acids is 1. The SMILES string of the molecule is Cc1ccc(-n2c(C)cc(/C=C(\C#N)C(=O)Nc3cc(C)ccc3C)c2C)cc1. The molecule has 0 aliphatic carbocycles. The van der Waals surface area contributed by atoms with E-state index >= 15 is 0 Å². The van der Waals surface area contributed by atoms with Crippen molar-refractivity contribution in [3.05, 3.63) is 87.7 Å². The van der Waals surface area contributed by atoms with E-state index in [1.54, 1.807) is 6.08 Å². The molecule has 0 saturated heterocycles. The summed E-state index contributed by atoms with van der Waals surface area (Å²) in [6.07, 6.45) is 1.66. The third kappa shape index (κ3) is 4.30. The van der Waals surface area contributed by atoms with Crippen LogP contribution in [0.4, 0.5) is 5.69 Å². The molecule has 0 saturated carbocycles. The summed E-state index contributed by atoms with van der Waals surface area (Å²) in [6, 6.07) is 18.2. The molecule has 0 spiro atoms. The van der Waals surface area contributed by atoms with Crippen LogP contribution in [0, 0.1) is 45.9 Å². The second-order valence-corrected chi connectivity index (χ2v) is 7.44. The molecule has 0 fully saturated rings. The molecule has 1 aromatic heterocycles. The van der Waals surface area contributed by atoms with Crippen LogP contribution in [-0.2, 0) is 4.79 Å². The number of anilines is 1. The van der Waals surface area contributed by atoms with Crippen LogP contribution in [0.25, 0.3) is 11.8 Å². The van der Waals surface area contributed by atoms with Gasteiger partial charge in [0.2, 0.25) is 0 Å². The molecular formula is C25H25N3O. The van der Waals surface area contributed by atoms with Crippen LogP contribution in [0.5, 0.6) is 0 Å². The highest BCUT2D eigenvalue weighted by atomic mass is 16.1. The second kappa shape index (κ2) is 8.20. The van der Waals surface area contributed by atoms with Crippen molar-refractivity contribution >= 4 is 17.7 Å². The number of hydrogen-bond donors (Lipinski definition) is 1. The van der Waals surface area contributed by atoms with E-state index in [1.165, 1.54) is 5.56 Å². The maximum absolute atomic E-state index is 12.7. The number of rotatable bonds is 4. The standard InChI is InChI=1S/C25H25N3O/c1-16-7-10-23(11-8-16)28-19(4)13-21(20(28)5)14-22(15-26)25(29)27-24-12-17(2)6-9-18(24)3/h6-14H,1-5H3,(H,27,29)/b22-14+. The van der Waals surface area contributed by atoms with Crippen molar-refractivity contribution in [2.75, 3.05) is 5.32 Å². The smallest absolute Gasteiger partial charge is 0.266 e. The van der Waals surface area contributed by atoms with Crippen molar-refractivity contribution in [3.63, 3.8) is 0 Å². The minimum atomic E-state index is -0.402. The van der Waals surface area contributed by atoms with Crippen LogP contribution in [-0.4, -0.2) is 10.5 Å². The Kier molecular flexibility index (Phi) is 5.70. The minimum Gasteiger partial charge on any atom is -0.321 e. The van der Waals surface area contributed by atoms with Gasteiger partial charge in [-0.15, -0.1) is 0 Å². The zero-order valence-electron chi connectivity index (χ0n) is 17.5. The fourth-order valence-corrected chi connectivity index (χ4v) is 3.39. The maximum atomic E-state index is 12.7. The van der Waals surface area contributed by atoms with E-state index in [0.29, 0.717) is 0 Å². The molecule has 0 atom stereocenters. The largest absolute Gasteiger partial charge is 0.321 e. The first-order chi connectivity index (χ1) is 13.8. The summed E-state index contributed by atoms with van der Waals surface area (Å²) in [6.45, 7) is 9.97. The van der Waals surface area contributed by atoms with Gasteiger partial charge in [0, 0.05) is 22.8 Å².